The summed E-state index contributed by atoms with van der Waals surface area (Å²) in [6, 6.07) is 28.3. The highest BCUT2D eigenvalue weighted by molar-refractivity contribution is 6.11. The molecule has 0 aliphatic carbocycles. The molecule has 6 aromatic rings. The molecule has 8 nitrogen and oxygen atoms in total. The molecule has 2 N–H and O–H groups in total. The molecule has 0 spiro atoms. The third-order valence-electron chi connectivity index (χ3n) is 6.04. The molecule has 0 atom stereocenters. The molecule has 0 bridgehead atoms. The number of hydrogen-bond donors (Lipinski definition) is 2. The molecule has 3 aromatic heterocycles. The van der Waals surface area contributed by atoms with Crippen molar-refractivity contribution >= 4 is 22.5 Å². The van der Waals surface area contributed by atoms with Gasteiger partial charge in [0.2, 0.25) is 5.88 Å². The van der Waals surface area contributed by atoms with Gasteiger partial charge >= 0.3 is 0 Å². The molecule has 1 amide bonds. The molecule has 39 heavy (non-hydrogen) atoms. The zero-order valence-corrected chi connectivity index (χ0v) is 21.0. The van der Waals surface area contributed by atoms with Gasteiger partial charge in [0.05, 0.1) is 23.6 Å². The van der Waals surface area contributed by atoms with E-state index in [4.69, 9.17) is 9.47 Å². The molecule has 6 rings (SSSR count). The molecule has 0 unspecified atom stereocenters. The second-order valence-corrected chi connectivity index (χ2v) is 8.91. The number of fused-ring (bicyclic) bond motifs is 1. The van der Waals surface area contributed by atoms with Gasteiger partial charge in [-0.05, 0) is 61.0 Å². The fourth-order valence-electron chi connectivity index (χ4n) is 4.06. The number of H-pyrrole nitrogens is 1. The van der Waals surface area contributed by atoms with Crippen molar-refractivity contribution < 1.29 is 14.3 Å². The van der Waals surface area contributed by atoms with Crippen LogP contribution in [-0.4, -0.2) is 26.1 Å². The third kappa shape index (κ3) is 5.45. The maximum Gasteiger partial charge on any atom is 0.276 e. The Balaban J connectivity index is 1.19. The van der Waals surface area contributed by atoms with Crippen LogP contribution in [0.1, 0.15) is 16.1 Å². The van der Waals surface area contributed by atoms with Crippen LogP contribution in [-0.2, 0) is 0 Å². The van der Waals surface area contributed by atoms with Crippen molar-refractivity contribution in [2.45, 2.75) is 6.92 Å². The first kappa shape index (κ1) is 23.9. The molecular weight excluding hydrogens is 490 g/mol. The van der Waals surface area contributed by atoms with E-state index < -0.39 is 0 Å². The van der Waals surface area contributed by atoms with Gasteiger partial charge in [-0.2, -0.15) is 5.10 Å². The first-order valence-corrected chi connectivity index (χ1v) is 12.3. The van der Waals surface area contributed by atoms with E-state index in [0.717, 1.165) is 28.0 Å². The number of para-hydroxylation sites is 1. The number of carbonyl (C=O) groups excluding carboxylic acids is 1. The van der Waals surface area contributed by atoms with Crippen molar-refractivity contribution in [2.75, 3.05) is 5.32 Å². The van der Waals surface area contributed by atoms with Crippen molar-refractivity contribution in [2.24, 2.45) is 0 Å². The third-order valence-corrected chi connectivity index (χ3v) is 6.04. The SMILES string of the molecule is Cc1ccc(Oc2ccc(NC(=O)c3n[nH]c4ccc(-c5cncc(Oc6ccccc6)c5)cc34)cn2)cc1. The monoisotopic (exact) mass is 513 g/mol. The van der Waals surface area contributed by atoms with Crippen LogP contribution in [0.5, 0.6) is 23.1 Å². The van der Waals surface area contributed by atoms with Gasteiger partial charge in [-0.3, -0.25) is 14.9 Å². The van der Waals surface area contributed by atoms with E-state index in [2.05, 4.69) is 25.5 Å². The number of aromatic nitrogens is 4. The summed E-state index contributed by atoms with van der Waals surface area (Å²) in [5.74, 6) is 2.11. The number of aryl methyl sites for hydroxylation is 1. The molecule has 0 aliphatic heterocycles. The van der Waals surface area contributed by atoms with Crippen LogP contribution < -0.4 is 14.8 Å². The zero-order chi connectivity index (χ0) is 26.6. The van der Waals surface area contributed by atoms with Crippen LogP contribution in [0.25, 0.3) is 22.0 Å². The number of anilines is 1. The van der Waals surface area contributed by atoms with E-state index in [9.17, 15) is 4.79 Å². The number of hydrogen-bond acceptors (Lipinski definition) is 6. The van der Waals surface area contributed by atoms with Crippen molar-refractivity contribution in [1.82, 2.24) is 20.2 Å². The summed E-state index contributed by atoms with van der Waals surface area (Å²) < 4.78 is 11.7. The Hall–Kier alpha value is -5.50. The minimum Gasteiger partial charge on any atom is -0.456 e. The molecule has 3 aromatic carbocycles. The fourth-order valence-corrected chi connectivity index (χ4v) is 4.06. The Morgan fingerprint density at radius 3 is 2.38 bits per heavy atom. The number of rotatable bonds is 7. The van der Waals surface area contributed by atoms with Crippen LogP contribution in [0.4, 0.5) is 5.69 Å². The largest absolute Gasteiger partial charge is 0.456 e. The van der Waals surface area contributed by atoms with Crippen molar-refractivity contribution in [1.29, 1.82) is 0 Å². The summed E-state index contributed by atoms with van der Waals surface area (Å²) in [5, 5.41) is 10.7. The molecule has 0 saturated carbocycles. The van der Waals surface area contributed by atoms with Gasteiger partial charge in [0.1, 0.15) is 17.2 Å². The summed E-state index contributed by atoms with van der Waals surface area (Å²) >= 11 is 0. The van der Waals surface area contributed by atoms with E-state index >= 15 is 0 Å². The predicted octanol–water partition coefficient (Wildman–Crippen LogP) is 7.17. The fraction of sp³-hybridized carbons (Fsp3) is 0.0323. The Kier molecular flexibility index (Phi) is 6.41. The first-order valence-electron chi connectivity index (χ1n) is 12.3. The van der Waals surface area contributed by atoms with E-state index in [0.29, 0.717) is 28.5 Å². The molecular formula is C31H23N5O3. The number of pyridine rings is 2. The molecule has 0 radical (unpaired) electrons. The summed E-state index contributed by atoms with van der Waals surface area (Å²) in [4.78, 5) is 21.7. The highest BCUT2D eigenvalue weighted by Crippen LogP contribution is 2.29. The van der Waals surface area contributed by atoms with Crippen molar-refractivity contribution in [3.05, 3.63) is 121 Å². The van der Waals surface area contributed by atoms with E-state index in [-0.39, 0.29) is 11.6 Å². The van der Waals surface area contributed by atoms with Crippen LogP contribution in [0.15, 0.2) is 110 Å². The normalized spacial score (nSPS) is 10.8. The number of ether oxygens (including phenoxy) is 2. The van der Waals surface area contributed by atoms with Crippen LogP contribution in [0.3, 0.4) is 0 Å². The summed E-state index contributed by atoms with van der Waals surface area (Å²) in [6.07, 6.45) is 4.97. The highest BCUT2D eigenvalue weighted by Gasteiger charge is 2.16. The van der Waals surface area contributed by atoms with Crippen LogP contribution >= 0.6 is 0 Å². The predicted molar refractivity (Wildman–Crippen MR) is 149 cm³/mol. The average Bonchev–Trinajstić information content (AvgIpc) is 3.40. The van der Waals surface area contributed by atoms with E-state index in [1.54, 1.807) is 30.7 Å². The quantitative estimate of drug-likeness (QED) is 0.235. The number of amides is 1. The van der Waals surface area contributed by atoms with Crippen molar-refractivity contribution in [3.8, 4) is 34.3 Å². The second-order valence-electron chi connectivity index (χ2n) is 8.91. The van der Waals surface area contributed by atoms with Crippen LogP contribution in [0, 0.1) is 6.92 Å². The molecule has 0 aliphatic rings. The highest BCUT2D eigenvalue weighted by atomic mass is 16.5. The Labute approximate surface area is 224 Å². The van der Waals surface area contributed by atoms with Crippen LogP contribution in [0.2, 0.25) is 0 Å². The smallest absolute Gasteiger partial charge is 0.276 e. The Morgan fingerprint density at radius 1 is 0.769 bits per heavy atom. The average molecular weight is 514 g/mol. The minimum absolute atomic E-state index is 0.275. The van der Waals surface area contributed by atoms with Gasteiger partial charge in [0, 0.05) is 23.2 Å². The topological polar surface area (TPSA) is 102 Å². The molecule has 0 saturated heterocycles. The maximum atomic E-state index is 13.1. The van der Waals surface area contributed by atoms with Gasteiger partial charge in [-0.15, -0.1) is 0 Å². The minimum atomic E-state index is -0.355. The standard InChI is InChI=1S/C31H23N5O3/c1-20-7-11-25(12-8-20)39-29-14-10-23(18-33-29)34-31(37)30-27-16-21(9-13-28(27)35-36-30)22-15-26(19-32-17-22)38-24-5-3-2-4-6-24/h2-19H,1H3,(H,34,37)(H,35,36). The maximum absolute atomic E-state index is 13.1. The lowest BCUT2D eigenvalue weighted by Crippen LogP contribution is -2.13. The molecule has 0 fully saturated rings. The van der Waals surface area contributed by atoms with E-state index in [1.165, 1.54) is 0 Å². The molecule has 190 valence electrons. The van der Waals surface area contributed by atoms with Gasteiger partial charge in [-0.1, -0.05) is 42.0 Å². The molecule has 3 heterocycles. The second kappa shape index (κ2) is 10.5. The first-order chi connectivity index (χ1) is 19.1. The Morgan fingerprint density at radius 2 is 1.59 bits per heavy atom. The lowest BCUT2D eigenvalue weighted by Gasteiger charge is -2.08. The Bertz CT molecular complexity index is 1750. The number of nitrogens with one attached hydrogen (secondary N) is 2. The van der Waals surface area contributed by atoms with E-state index in [1.807, 2.05) is 85.8 Å². The number of aromatic amines is 1. The van der Waals surface area contributed by atoms with Crippen molar-refractivity contribution in [3.63, 3.8) is 0 Å². The molecule has 8 heteroatoms. The zero-order valence-electron chi connectivity index (χ0n) is 21.0. The van der Waals surface area contributed by atoms with Gasteiger partial charge in [0.25, 0.3) is 5.91 Å². The summed E-state index contributed by atoms with van der Waals surface area (Å²) in [6.45, 7) is 2.01. The lowest BCUT2D eigenvalue weighted by atomic mass is 10.0. The summed E-state index contributed by atoms with van der Waals surface area (Å²) in [5.41, 5.74) is 4.42. The van der Waals surface area contributed by atoms with Gasteiger partial charge in [0.15, 0.2) is 5.69 Å². The number of benzene rings is 3. The number of carbonyl (C=O) groups is 1. The van der Waals surface area contributed by atoms with Gasteiger partial charge in [-0.25, -0.2) is 4.98 Å². The summed E-state index contributed by atoms with van der Waals surface area (Å²) in [7, 11) is 0. The lowest BCUT2D eigenvalue weighted by molar-refractivity contribution is 0.102. The van der Waals surface area contributed by atoms with Gasteiger partial charge < -0.3 is 14.8 Å². The number of nitrogens with zero attached hydrogens (tertiary/aromatic N) is 3.